The van der Waals surface area contributed by atoms with Crippen LogP contribution in [-0.4, -0.2) is 42.4 Å². The highest BCUT2D eigenvalue weighted by Gasteiger charge is 2.34. The van der Waals surface area contributed by atoms with Crippen LogP contribution >= 0.6 is 11.3 Å². The van der Waals surface area contributed by atoms with Crippen molar-refractivity contribution in [2.45, 2.75) is 37.8 Å². The zero-order valence-corrected chi connectivity index (χ0v) is 20.3. The number of amides is 3. The predicted octanol–water partition coefficient (Wildman–Crippen LogP) is 3.71. The maximum absolute atomic E-state index is 13.6. The van der Waals surface area contributed by atoms with E-state index in [0.717, 1.165) is 25.7 Å². The highest BCUT2D eigenvalue weighted by atomic mass is 32.1. The Balaban J connectivity index is 1.66. The predicted molar refractivity (Wildman–Crippen MR) is 135 cm³/mol. The van der Waals surface area contributed by atoms with Gasteiger partial charge < -0.3 is 15.4 Å². The molecule has 0 unspecified atom stereocenters. The average molecular weight is 493 g/mol. The summed E-state index contributed by atoms with van der Waals surface area (Å²) in [6.45, 7) is -0.263. The second-order valence-corrected chi connectivity index (χ2v) is 9.24. The zero-order valence-electron chi connectivity index (χ0n) is 19.5. The molecule has 0 aliphatic heterocycles. The summed E-state index contributed by atoms with van der Waals surface area (Å²) in [7, 11) is 1.56. The van der Waals surface area contributed by atoms with Gasteiger partial charge in [0.1, 0.15) is 11.8 Å². The van der Waals surface area contributed by atoms with Crippen molar-refractivity contribution in [3.8, 4) is 5.75 Å². The average Bonchev–Trinajstić information content (AvgIpc) is 3.61. The lowest BCUT2D eigenvalue weighted by molar-refractivity contribution is -0.126. The number of thiophene rings is 1. The number of benzene rings is 1. The molecule has 0 bridgehead atoms. The smallest absolute Gasteiger partial charge is 0.261 e. The molecule has 1 atom stereocenters. The second kappa shape index (κ2) is 11.6. The molecule has 2 heterocycles. The van der Waals surface area contributed by atoms with Gasteiger partial charge in [-0.3, -0.25) is 24.3 Å². The van der Waals surface area contributed by atoms with Crippen molar-refractivity contribution in [3.05, 3.63) is 76.7 Å². The molecule has 35 heavy (non-hydrogen) atoms. The molecule has 2 aromatic heterocycles. The molecule has 4 rings (SSSR count). The van der Waals surface area contributed by atoms with Crippen LogP contribution in [0.25, 0.3) is 0 Å². The lowest BCUT2D eigenvalue weighted by Gasteiger charge is -2.32. The fourth-order valence-electron chi connectivity index (χ4n) is 4.23. The zero-order chi connectivity index (χ0) is 24.6. The topological polar surface area (TPSA) is 101 Å². The molecule has 2 N–H and O–H groups in total. The van der Waals surface area contributed by atoms with Gasteiger partial charge in [-0.25, -0.2) is 0 Å². The largest absolute Gasteiger partial charge is 0.497 e. The van der Waals surface area contributed by atoms with E-state index >= 15 is 0 Å². The van der Waals surface area contributed by atoms with Crippen LogP contribution in [-0.2, 0) is 9.59 Å². The number of pyridine rings is 1. The first-order chi connectivity index (χ1) is 17.1. The lowest BCUT2D eigenvalue weighted by Crippen LogP contribution is -2.49. The summed E-state index contributed by atoms with van der Waals surface area (Å²) in [5.41, 5.74) is 1.15. The fraction of sp³-hybridized carbons (Fsp3) is 0.308. The molecule has 1 aliphatic rings. The van der Waals surface area contributed by atoms with Crippen LogP contribution in [0.3, 0.4) is 0 Å². The monoisotopic (exact) mass is 492 g/mol. The van der Waals surface area contributed by atoms with Crippen molar-refractivity contribution in [3.63, 3.8) is 0 Å². The Hall–Kier alpha value is -3.72. The van der Waals surface area contributed by atoms with Crippen LogP contribution in [0.2, 0.25) is 0 Å². The first-order valence-electron chi connectivity index (χ1n) is 11.5. The summed E-state index contributed by atoms with van der Waals surface area (Å²) >= 11 is 1.30. The number of carbonyl (C=O) groups excluding carboxylic acids is 3. The van der Waals surface area contributed by atoms with E-state index in [0.29, 0.717) is 21.9 Å². The number of ether oxygens (including phenoxy) is 1. The third-order valence-electron chi connectivity index (χ3n) is 5.99. The number of anilines is 1. The number of aromatic nitrogens is 1. The molecule has 3 aromatic rings. The molecule has 0 saturated heterocycles. The highest BCUT2D eigenvalue weighted by Crippen LogP contribution is 2.30. The highest BCUT2D eigenvalue weighted by molar-refractivity contribution is 7.12. The van der Waals surface area contributed by atoms with Gasteiger partial charge in [0.05, 0.1) is 18.5 Å². The summed E-state index contributed by atoms with van der Waals surface area (Å²) in [4.78, 5) is 45.7. The number of nitrogens with one attached hydrogen (secondary N) is 2. The summed E-state index contributed by atoms with van der Waals surface area (Å²) < 4.78 is 5.26. The van der Waals surface area contributed by atoms with E-state index in [1.165, 1.54) is 16.2 Å². The van der Waals surface area contributed by atoms with Crippen LogP contribution in [0.5, 0.6) is 5.75 Å². The van der Waals surface area contributed by atoms with Crippen molar-refractivity contribution in [2.24, 2.45) is 0 Å². The molecule has 1 fully saturated rings. The number of hydrogen-bond acceptors (Lipinski definition) is 6. The van der Waals surface area contributed by atoms with Crippen LogP contribution in [0.4, 0.5) is 5.69 Å². The van der Waals surface area contributed by atoms with Crippen molar-refractivity contribution in [1.82, 2.24) is 15.6 Å². The van der Waals surface area contributed by atoms with E-state index in [9.17, 15) is 14.4 Å². The van der Waals surface area contributed by atoms with E-state index in [2.05, 4.69) is 15.6 Å². The standard InChI is InChI=1S/C26H28N4O4S/c1-34-21-10-8-20(9-11-21)30(23(31)17-28-25(32)22-7-4-16-35-22)24(18-12-14-27-15-13-18)26(33)29-19-5-2-3-6-19/h4,7-16,19,24H,2-3,5-6,17H2,1H3,(H,28,32)(H,29,33)/t24-/m0/s1. The van der Waals surface area contributed by atoms with Crippen LogP contribution in [0.1, 0.15) is 47.0 Å². The van der Waals surface area contributed by atoms with Crippen LogP contribution in [0, 0.1) is 0 Å². The Morgan fingerprint density at radius 2 is 1.80 bits per heavy atom. The molecular weight excluding hydrogens is 464 g/mol. The Morgan fingerprint density at radius 3 is 2.43 bits per heavy atom. The van der Waals surface area contributed by atoms with Gasteiger partial charge >= 0.3 is 0 Å². The molecule has 0 spiro atoms. The molecule has 1 aromatic carbocycles. The van der Waals surface area contributed by atoms with E-state index in [1.807, 2.05) is 0 Å². The normalized spacial score (nSPS) is 14.2. The van der Waals surface area contributed by atoms with E-state index in [4.69, 9.17) is 4.74 Å². The number of methoxy groups -OCH3 is 1. The third-order valence-corrected chi connectivity index (χ3v) is 6.86. The van der Waals surface area contributed by atoms with Gasteiger partial charge in [-0.15, -0.1) is 11.3 Å². The SMILES string of the molecule is COc1ccc(N(C(=O)CNC(=O)c2cccs2)[C@H](C(=O)NC2CCCC2)c2ccncc2)cc1. The minimum Gasteiger partial charge on any atom is -0.497 e. The first kappa shape index (κ1) is 24.4. The summed E-state index contributed by atoms with van der Waals surface area (Å²) in [5.74, 6) is -0.387. The van der Waals surface area contributed by atoms with Crippen molar-refractivity contribution in [2.75, 3.05) is 18.6 Å². The molecule has 9 heteroatoms. The second-order valence-electron chi connectivity index (χ2n) is 8.29. The minimum absolute atomic E-state index is 0.0817. The Labute approximate surface area is 208 Å². The van der Waals surface area contributed by atoms with E-state index in [-0.39, 0.29) is 24.4 Å². The molecule has 0 radical (unpaired) electrons. The van der Waals surface area contributed by atoms with Gasteiger partial charge in [-0.2, -0.15) is 0 Å². The minimum atomic E-state index is -0.932. The van der Waals surface area contributed by atoms with Gasteiger partial charge in [0.15, 0.2) is 0 Å². The van der Waals surface area contributed by atoms with Crippen LogP contribution in [0.15, 0.2) is 66.3 Å². The third kappa shape index (κ3) is 6.05. The Morgan fingerprint density at radius 1 is 1.09 bits per heavy atom. The summed E-state index contributed by atoms with van der Waals surface area (Å²) in [6.07, 6.45) is 7.17. The van der Waals surface area contributed by atoms with E-state index in [1.54, 1.807) is 73.4 Å². The quantitative estimate of drug-likeness (QED) is 0.474. The van der Waals surface area contributed by atoms with Gasteiger partial charge in [0.25, 0.3) is 5.91 Å². The first-order valence-corrected chi connectivity index (χ1v) is 12.4. The molecule has 182 valence electrons. The van der Waals surface area contributed by atoms with E-state index < -0.39 is 11.9 Å². The van der Waals surface area contributed by atoms with Gasteiger partial charge in [0, 0.05) is 24.1 Å². The summed E-state index contributed by atoms with van der Waals surface area (Å²) in [5, 5.41) is 7.62. The molecular formula is C26H28N4O4S. The maximum Gasteiger partial charge on any atom is 0.261 e. The molecule has 1 saturated carbocycles. The van der Waals surface area contributed by atoms with Crippen LogP contribution < -0.4 is 20.3 Å². The van der Waals surface area contributed by atoms with Gasteiger partial charge in [-0.05, 0) is 66.2 Å². The number of nitrogens with zero attached hydrogens (tertiary/aromatic N) is 2. The maximum atomic E-state index is 13.6. The Bertz CT molecular complexity index is 1130. The number of hydrogen-bond donors (Lipinski definition) is 2. The number of rotatable bonds is 9. The lowest BCUT2D eigenvalue weighted by atomic mass is 10.0. The molecule has 1 aliphatic carbocycles. The van der Waals surface area contributed by atoms with Crippen molar-refractivity contribution >= 4 is 34.7 Å². The van der Waals surface area contributed by atoms with Gasteiger partial charge in [-0.1, -0.05) is 18.9 Å². The van der Waals surface area contributed by atoms with Crippen molar-refractivity contribution in [1.29, 1.82) is 0 Å². The van der Waals surface area contributed by atoms with Gasteiger partial charge in [0.2, 0.25) is 11.8 Å². The molecule has 8 nitrogen and oxygen atoms in total. The number of carbonyl (C=O) groups is 3. The fourth-order valence-corrected chi connectivity index (χ4v) is 4.87. The Kier molecular flexibility index (Phi) is 8.10. The molecule has 3 amide bonds. The summed E-state index contributed by atoms with van der Waals surface area (Å²) in [6, 6.07) is 13.0. The van der Waals surface area contributed by atoms with Crippen molar-refractivity contribution < 1.29 is 19.1 Å².